The van der Waals surface area contributed by atoms with E-state index in [1.165, 1.54) is 13.2 Å². The van der Waals surface area contributed by atoms with Crippen molar-refractivity contribution in [3.05, 3.63) is 56.5 Å². The number of nitro groups is 1. The number of anilines is 2. The lowest BCUT2D eigenvalue weighted by Crippen LogP contribution is -2.13. The van der Waals surface area contributed by atoms with Crippen molar-refractivity contribution in [3.8, 4) is 5.75 Å². The monoisotopic (exact) mass is 365 g/mol. The summed E-state index contributed by atoms with van der Waals surface area (Å²) in [5.41, 5.74) is 6.08. The van der Waals surface area contributed by atoms with E-state index in [1.54, 1.807) is 30.3 Å². The molecule has 2 rings (SSSR count). The molecule has 0 saturated carbocycles. The molecule has 0 aliphatic rings. The molecule has 114 valence electrons. The van der Waals surface area contributed by atoms with E-state index in [9.17, 15) is 14.9 Å². The van der Waals surface area contributed by atoms with Crippen molar-refractivity contribution in [3.63, 3.8) is 0 Å². The minimum atomic E-state index is -0.628. The van der Waals surface area contributed by atoms with Gasteiger partial charge in [0, 0.05) is 5.56 Å². The maximum atomic E-state index is 12.1. The van der Waals surface area contributed by atoms with Gasteiger partial charge in [-0.05, 0) is 34.1 Å². The average Bonchev–Trinajstić information content (AvgIpc) is 2.50. The van der Waals surface area contributed by atoms with E-state index in [1.807, 2.05) is 0 Å². The van der Waals surface area contributed by atoms with Gasteiger partial charge in [0.25, 0.3) is 5.91 Å². The molecule has 0 spiro atoms. The Morgan fingerprint density at radius 1 is 1.36 bits per heavy atom. The van der Waals surface area contributed by atoms with Gasteiger partial charge in [0.15, 0.2) is 0 Å². The third-order valence-corrected chi connectivity index (χ3v) is 3.70. The number of nitro benzene ring substituents is 1. The van der Waals surface area contributed by atoms with E-state index < -0.39 is 10.8 Å². The maximum absolute atomic E-state index is 12.1. The predicted molar refractivity (Wildman–Crippen MR) is 86.2 cm³/mol. The number of nitrogens with one attached hydrogen (secondary N) is 1. The SMILES string of the molecule is COc1c(N)cc(NC(=O)c2ccccc2)c(Br)c1[N+](=O)[O-]. The quantitative estimate of drug-likeness (QED) is 0.491. The number of hydrogen-bond acceptors (Lipinski definition) is 5. The molecule has 7 nitrogen and oxygen atoms in total. The summed E-state index contributed by atoms with van der Waals surface area (Å²) in [6.07, 6.45) is 0. The summed E-state index contributed by atoms with van der Waals surface area (Å²) in [6.45, 7) is 0. The highest BCUT2D eigenvalue weighted by Gasteiger charge is 2.26. The predicted octanol–water partition coefficient (Wildman–Crippen LogP) is 3.20. The van der Waals surface area contributed by atoms with Gasteiger partial charge in [-0.2, -0.15) is 0 Å². The fraction of sp³-hybridized carbons (Fsp3) is 0.0714. The van der Waals surface area contributed by atoms with E-state index >= 15 is 0 Å². The van der Waals surface area contributed by atoms with Crippen LogP contribution >= 0.6 is 15.9 Å². The van der Waals surface area contributed by atoms with Gasteiger partial charge < -0.3 is 15.8 Å². The second-order valence-corrected chi connectivity index (χ2v) is 5.08. The highest BCUT2D eigenvalue weighted by molar-refractivity contribution is 9.10. The second-order valence-electron chi connectivity index (χ2n) is 4.29. The number of halogens is 1. The Kier molecular flexibility index (Phi) is 4.62. The zero-order chi connectivity index (χ0) is 16.3. The molecule has 2 aromatic carbocycles. The van der Waals surface area contributed by atoms with Crippen LogP contribution < -0.4 is 15.8 Å². The summed E-state index contributed by atoms with van der Waals surface area (Å²) in [5, 5.41) is 13.8. The molecule has 1 amide bonds. The highest BCUT2D eigenvalue weighted by atomic mass is 79.9. The highest BCUT2D eigenvalue weighted by Crippen LogP contribution is 2.44. The smallest absolute Gasteiger partial charge is 0.329 e. The molecule has 0 fully saturated rings. The van der Waals surface area contributed by atoms with Crippen LogP contribution in [0.2, 0.25) is 0 Å². The molecule has 0 unspecified atom stereocenters. The summed E-state index contributed by atoms with van der Waals surface area (Å²) in [7, 11) is 1.29. The summed E-state index contributed by atoms with van der Waals surface area (Å²) in [4.78, 5) is 22.7. The number of carbonyl (C=O) groups is 1. The van der Waals surface area contributed by atoms with Crippen LogP contribution in [0, 0.1) is 10.1 Å². The first-order valence-corrected chi connectivity index (χ1v) is 6.91. The number of rotatable bonds is 4. The number of methoxy groups -OCH3 is 1. The van der Waals surface area contributed by atoms with Gasteiger partial charge >= 0.3 is 5.69 Å². The van der Waals surface area contributed by atoms with Gasteiger partial charge in [0.05, 0.1) is 23.4 Å². The molecule has 2 aromatic rings. The van der Waals surface area contributed by atoms with E-state index in [0.717, 1.165) is 0 Å². The first-order chi connectivity index (χ1) is 10.5. The van der Waals surface area contributed by atoms with Crippen LogP contribution in [0.1, 0.15) is 10.4 Å². The van der Waals surface area contributed by atoms with E-state index in [2.05, 4.69) is 21.2 Å². The molecular formula is C14H12BrN3O4. The molecule has 0 aliphatic heterocycles. The van der Waals surface area contributed by atoms with Crippen molar-refractivity contribution in [1.29, 1.82) is 0 Å². The summed E-state index contributed by atoms with van der Waals surface area (Å²) >= 11 is 3.12. The van der Waals surface area contributed by atoms with E-state index in [4.69, 9.17) is 10.5 Å². The van der Waals surface area contributed by atoms with Crippen molar-refractivity contribution >= 4 is 38.9 Å². The third-order valence-electron chi connectivity index (χ3n) is 2.89. The Bertz CT molecular complexity index is 735. The molecule has 8 heteroatoms. The zero-order valence-electron chi connectivity index (χ0n) is 11.5. The molecule has 0 aromatic heterocycles. The van der Waals surface area contributed by atoms with Gasteiger partial charge in [-0.15, -0.1) is 0 Å². The van der Waals surface area contributed by atoms with Gasteiger partial charge in [0.1, 0.15) is 4.47 Å². The minimum absolute atomic E-state index is 0.0563. The molecule has 0 bridgehead atoms. The van der Waals surface area contributed by atoms with Crippen LogP contribution in [0.15, 0.2) is 40.9 Å². The molecule has 3 N–H and O–H groups in total. The third kappa shape index (κ3) is 3.01. The number of carbonyl (C=O) groups excluding carboxylic acids is 1. The van der Waals surface area contributed by atoms with Gasteiger partial charge in [0.2, 0.25) is 5.75 Å². The summed E-state index contributed by atoms with van der Waals surface area (Å²) < 4.78 is 5.04. The largest absolute Gasteiger partial charge is 0.489 e. The molecular weight excluding hydrogens is 354 g/mol. The number of ether oxygens (including phenoxy) is 1. The fourth-order valence-electron chi connectivity index (χ4n) is 1.90. The molecule has 0 atom stereocenters. The van der Waals surface area contributed by atoms with Crippen molar-refractivity contribution < 1.29 is 14.5 Å². The standard InChI is InChI=1S/C14H12BrN3O4/c1-22-13-9(16)7-10(11(15)12(13)18(20)21)17-14(19)8-5-3-2-4-6-8/h2-7H,16H2,1H3,(H,17,19). The Labute approximate surface area is 134 Å². The van der Waals surface area contributed by atoms with Crippen LogP contribution in [-0.2, 0) is 0 Å². The molecule has 0 radical (unpaired) electrons. The molecule has 0 heterocycles. The lowest BCUT2D eigenvalue weighted by Gasteiger charge is -2.12. The Hall–Kier alpha value is -2.61. The van der Waals surface area contributed by atoms with Gasteiger partial charge in [-0.3, -0.25) is 14.9 Å². The van der Waals surface area contributed by atoms with Crippen molar-refractivity contribution in [2.45, 2.75) is 0 Å². The number of nitrogens with zero attached hydrogens (tertiary/aromatic N) is 1. The zero-order valence-corrected chi connectivity index (χ0v) is 13.1. The van der Waals surface area contributed by atoms with Gasteiger partial charge in [-0.25, -0.2) is 0 Å². The van der Waals surface area contributed by atoms with Crippen LogP contribution in [0.5, 0.6) is 5.75 Å². The topological polar surface area (TPSA) is 107 Å². The summed E-state index contributed by atoms with van der Waals surface area (Å²) in [6, 6.07) is 9.87. The fourth-order valence-corrected chi connectivity index (χ4v) is 2.44. The Balaban J connectivity index is 2.44. The lowest BCUT2D eigenvalue weighted by atomic mass is 10.2. The molecule has 0 aliphatic carbocycles. The number of nitrogen functional groups attached to an aromatic ring is 1. The molecule has 0 saturated heterocycles. The van der Waals surface area contributed by atoms with Crippen molar-refractivity contribution in [2.24, 2.45) is 0 Å². The van der Waals surface area contributed by atoms with E-state index in [-0.39, 0.29) is 27.3 Å². The first-order valence-electron chi connectivity index (χ1n) is 6.12. The maximum Gasteiger partial charge on any atom is 0.329 e. The van der Waals surface area contributed by atoms with E-state index in [0.29, 0.717) is 5.56 Å². The lowest BCUT2D eigenvalue weighted by molar-refractivity contribution is -0.386. The number of hydrogen-bond donors (Lipinski definition) is 2. The first kappa shape index (κ1) is 15.8. The number of benzene rings is 2. The Morgan fingerprint density at radius 3 is 2.55 bits per heavy atom. The number of nitrogens with two attached hydrogens (primary N) is 1. The van der Waals surface area contributed by atoms with Crippen LogP contribution in [0.25, 0.3) is 0 Å². The van der Waals surface area contributed by atoms with Crippen LogP contribution in [0.3, 0.4) is 0 Å². The van der Waals surface area contributed by atoms with Gasteiger partial charge in [-0.1, -0.05) is 18.2 Å². The molecule has 22 heavy (non-hydrogen) atoms. The second kappa shape index (κ2) is 6.44. The number of amides is 1. The van der Waals surface area contributed by atoms with Crippen LogP contribution in [0.4, 0.5) is 17.1 Å². The van der Waals surface area contributed by atoms with Crippen molar-refractivity contribution in [2.75, 3.05) is 18.2 Å². The van der Waals surface area contributed by atoms with Crippen molar-refractivity contribution in [1.82, 2.24) is 0 Å². The summed E-state index contributed by atoms with van der Waals surface area (Å²) in [5.74, 6) is -0.463. The average molecular weight is 366 g/mol. The van der Waals surface area contributed by atoms with Crippen LogP contribution in [-0.4, -0.2) is 17.9 Å². The Morgan fingerprint density at radius 2 is 2.00 bits per heavy atom. The normalized spacial score (nSPS) is 10.1. The minimum Gasteiger partial charge on any atom is -0.489 e.